The quantitative estimate of drug-likeness (QED) is 0.473. The first-order chi connectivity index (χ1) is 14.3. The van der Waals surface area contributed by atoms with Gasteiger partial charge in [0.2, 0.25) is 0 Å². The SMILES string of the molecule is CO/N=C(\C)c1cc(F)c(-n2ncc(-c3ccc(C)c(CNC(=O)O)c3)n2)c(F)c1. The molecule has 0 saturated heterocycles. The summed E-state index contributed by atoms with van der Waals surface area (Å²) in [6, 6.07) is 7.58. The Morgan fingerprint density at radius 1 is 1.27 bits per heavy atom. The maximum absolute atomic E-state index is 14.6. The van der Waals surface area contributed by atoms with Gasteiger partial charge in [0.1, 0.15) is 12.8 Å². The van der Waals surface area contributed by atoms with Gasteiger partial charge in [-0.3, -0.25) is 0 Å². The molecule has 156 valence electrons. The van der Waals surface area contributed by atoms with Crippen molar-refractivity contribution in [2.24, 2.45) is 5.16 Å². The summed E-state index contributed by atoms with van der Waals surface area (Å²) in [7, 11) is 1.34. The van der Waals surface area contributed by atoms with E-state index < -0.39 is 23.4 Å². The first-order valence-electron chi connectivity index (χ1n) is 8.86. The van der Waals surface area contributed by atoms with Gasteiger partial charge in [-0.1, -0.05) is 17.3 Å². The van der Waals surface area contributed by atoms with E-state index in [1.54, 1.807) is 25.1 Å². The van der Waals surface area contributed by atoms with Gasteiger partial charge in [0.15, 0.2) is 17.3 Å². The number of oxime groups is 1. The molecule has 0 unspecified atom stereocenters. The minimum atomic E-state index is -1.13. The zero-order valence-electron chi connectivity index (χ0n) is 16.5. The minimum Gasteiger partial charge on any atom is -0.465 e. The predicted molar refractivity (Wildman–Crippen MR) is 106 cm³/mol. The van der Waals surface area contributed by atoms with E-state index in [0.717, 1.165) is 28.1 Å². The molecule has 0 spiro atoms. The predicted octanol–water partition coefficient (Wildman–Crippen LogP) is 3.66. The first-order valence-corrected chi connectivity index (χ1v) is 8.86. The molecule has 30 heavy (non-hydrogen) atoms. The second-order valence-corrected chi connectivity index (χ2v) is 6.47. The number of amides is 1. The Bertz CT molecular complexity index is 1100. The van der Waals surface area contributed by atoms with Gasteiger partial charge < -0.3 is 15.3 Å². The van der Waals surface area contributed by atoms with E-state index in [4.69, 9.17) is 5.11 Å². The van der Waals surface area contributed by atoms with Crippen LogP contribution in [0.3, 0.4) is 0 Å². The third kappa shape index (κ3) is 4.43. The number of carboxylic acid groups (broad SMARTS) is 1. The van der Waals surface area contributed by atoms with E-state index in [1.165, 1.54) is 13.3 Å². The zero-order chi connectivity index (χ0) is 21.8. The Morgan fingerprint density at radius 2 is 1.97 bits per heavy atom. The Balaban J connectivity index is 1.95. The minimum absolute atomic E-state index is 0.121. The molecule has 0 atom stereocenters. The summed E-state index contributed by atoms with van der Waals surface area (Å²) in [6.45, 7) is 3.53. The highest BCUT2D eigenvalue weighted by Crippen LogP contribution is 2.23. The molecule has 10 heteroatoms. The molecule has 0 fully saturated rings. The molecular formula is C20H19F2N5O3. The molecule has 2 N–H and O–H groups in total. The number of carbonyl (C=O) groups is 1. The molecule has 0 radical (unpaired) electrons. The largest absolute Gasteiger partial charge is 0.465 e. The van der Waals surface area contributed by atoms with Gasteiger partial charge in [-0.05, 0) is 43.2 Å². The molecular weight excluding hydrogens is 396 g/mol. The van der Waals surface area contributed by atoms with Gasteiger partial charge in [-0.25, -0.2) is 13.6 Å². The smallest absolute Gasteiger partial charge is 0.404 e. The lowest BCUT2D eigenvalue weighted by Crippen LogP contribution is -2.20. The molecule has 3 aromatic rings. The van der Waals surface area contributed by atoms with Gasteiger partial charge in [0.05, 0.1) is 11.9 Å². The van der Waals surface area contributed by atoms with Crippen molar-refractivity contribution in [2.75, 3.05) is 7.11 Å². The Hall–Kier alpha value is -3.82. The van der Waals surface area contributed by atoms with E-state index in [9.17, 15) is 13.6 Å². The van der Waals surface area contributed by atoms with E-state index in [2.05, 4.69) is 25.5 Å². The van der Waals surface area contributed by atoms with Crippen molar-refractivity contribution in [1.82, 2.24) is 20.3 Å². The molecule has 0 saturated carbocycles. The van der Waals surface area contributed by atoms with Crippen LogP contribution in [0, 0.1) is 18.6 Å². The molecule has 0 aliphatic rings. The van der Waals surface area contributed by atoms with Crippen LogP contribution in [0.15, 0.2) is 41.7 Å². The fourth-order valence-corrected chi connectivity index (χ4v) is 2.85. The molecule has 1 aromatic heterocycles. The number of hydrogen-bond donors (Lipinski definition) is 2. The highest BCUT2D eigenvalue weighted by Gasteiger charge is 2.18. The van der Waals surface area contributed by atoms with Gasteiger partial charge in [-0.2, -0.15) is 5.10 Å². The fraction of sp³-hybridized carbons (Fsp3) is 0.200. The molecule has 1 amide bonds. The standard InChI is InChI=1S/C20H19F2N5O3/c1-11-4-5-13(6-15(11)9-23-20(28)29)18-10-24-27(25-18)19-16(21)7-14(8-17(19)22)12(2)26-30-3/h4-8,10,23H,9H2,1-3H3,(H,28,29)/b26-12+. The monoisotopic (exact) mass is 415 g/mol. The number of hydrogen-bond acceptors (Lipinski definition) is 5. The van der Waals surface area contributed by atoms with Crippen molar-refractivity contribution in [3.8, 4) is 16.9 Å². The number of benzene rings is 2. The second-order valence-electron chi connectivity index (χ2n) is 6.47. The summed E-state index contributed by atoms with van der Waals surface area (Å²) >= 11 is 0. The van der Waals surface area contributed by atoms with Crippen LogP contribution in [0.4, 0.5) is 13.6 Å². The second kappa shape index (κ2) is 8.68. The van der Waals surface area contributed by atoms with Crippen molar-refractivity contribution in [3.63, 3.8) is 0 Å². The molecule has 2 aromatic carbocycles. The lowest BCUT2D eigenvalue weighted by molar-refractivity contribution is 0.194. The van der Waals surface area contributed by atoms with Crippen LogP contribution in [-0.2, 0) is 11.4 Å². The zero-order valence-corrected chi connectivity index (χ0v) is 16.5. The van der Waals surface area contributed by atoms with Gasteiger partial charge in [0.25, 0.3) is 0 Å². The number of nitrogens with zero attached hydrogens (tertiary/aromatic N) is 4. The average molecular weight is 415 g/mol. The van der Waals surface area contributed by atoms with Crippen LogP contribution in [-0.4, -0.2) is 39.0 Å². The van der Waals surface area contributed by atoms with Crippen molar-refractivity contribution in [3.05, 3.63) is 64.9 Å². The molecule has 8 nitrogen and oxygen atoms in total. The summed E-state index contributed by atoms with van der Waals surface area (Å²) in [5, 5.41) is 22.9. The van der Waals surface area contributed by atoms with E-state index >= 15 is 0 Å². The highest BCUT2D eigenvalue weighted by molar-refractivity contribution is 5.98. The fourth-order valence-electron chi connectivity index (χ4n) is 2.85. The normalized spacial score (nSPS) is 11.4. The number of rotatable bonds is 6. The summed E-state index contributed by atoms with van der Waals surface area (Å²) in [5.41, 5.74) is 2.78. The van der Waals surface area contributed by atoms with Crippen LogP contribution < -0.4 is 5.32 Å². The van der Waals surface area contributed by atoms with Gasteiger partial charge >= 0.3 is 6.09 Å². The Morgan fingerprint density at radius 3 is 2.60 bits per heavy atom. The maximum Gasteiger partial charge on any atom is 0.404 e. The average Bonchev–Trinajstić information content (AvgIpc) is 3.16. The van der Waals surface area contributed by atoms with Crippen LogP contribution in [0.5, 0.6) is 0 Å². The molecule has 3 rings (SSSR count). The lowest BCUT2D eigenvalue weighted by atomic mass is 10.0. The third-order valence-electron chi connectivity index (χ3n) is 4.43. The molecule has 0 aliphatic carbocycles. The lowest BCUT2D eigenvalue weighted by Gasteiger charge is -2.08. The molecule has 0 aliphatic heterocycles. The maximum atomic E-state index is 14.6. The topological polar surface area (TPSA) is 102 Å². The number of nitrogens with one attached hydrogen (secondary N) is 1. The first kappa shape index (κ1) is 20.9. The van der Waals surface area contributed by atoms with Crippen molar-refractivity contribution in [2.45, 2.75) is 20.4 Å². The summed E-state index contributed by atoms with van der Waals surface area (Å²) in [6.07, 6.45) is 0.245. The van der Waals surface area contributed by atoms with E-state index in [1.807, 2.05) is 6.92 Å². The van der Waals surface area contributed by atoms with Gasteiger partial charge in [0, 0.05) is 17.7 Å². The summed E-state index contributed by atoms with van der Waals surface area (Å²) in [4.78, 5) is 16.2. The van der Waals surface area contributed by atoms with Crippen LogP contribution >= 0.6 is 0 Å². The summed E-state index contributed by atoms with van der Waals surface area (Å²) in [5.74, 6) is -1.71. The van der Waals surface area contributed by atoms with E-state index in [0.29, 0.717) is 17.0 Å². The number of halogens is 2. The van der Waals surface area contributed by atoms with Crippen LogP contribution in [0.1, 0.15) is 23.6 Å². The van der Waals surface area contributed by atoms with Crippen LogP contribution in [0.2, 0.25) is 0 Å². The Kier molecular flexibility index (Phi) is 6.05. The van der Waals surface area contributed by atoms with Crippen molar-refractivity contribution in [1.29, 1.82) is 0 Å². The number of aryl methyl sites for hydroxylation is 1. The summed E-state index contributed by atoms with van der Waals surface area (Å²) < 4.78 is 29.2. The van der Waals surface area contributed by atoms with Crippen LogP contribution in [0.25, 0.3) is 16.9 Å². The van der Waals surface area contributed by atoms with Crippen molar-refractivity contribution >= 4 is 11.8 Å². The van der Waals surface area contributed by atoms with Gasteiger partial charge in [-0.15, -0.1) is 9.90 Å². The number of aromatic nitrogens is 3. The molecule has 1 heterocycles. The van der Waals surface area contributed by atoms with Crippen molar-refractivity contribution < 1.29 is 23.5 Å². The highest BCUT2D eigenvalue weighted by atomic mass is 19.1. The molecule has 0 bridgehead atoms. The van der Waals surface area contributed by atoms with E-state index in [-0.39, 0.29) is 12.1 Å². The third-order valence-corrected chi connectivity index (χ3v) is 4.43. The Labute approximate surface area is 170 Å².